The van der Waals surface area contributed by atoms with Gasteiger partial charge in [-0.15, -0.1) is 0 Å². The van der Waals surface area contributed by atoms with E-state index in [2.05, 4.69) is 0 Å². The number of carbonyl (C=O) groups is 2. The second kappa shape index (κ2) is 7.94. The lowest BCUT2D eigenvalue weighted by atomic mass is 9.99. The van der Waals surface area contributed by atoms with Crippen LogP contribution in [0.5, 0.6) is 0 Å². The first kappa shape index (κ1) is 16.5. The van der Waals surface area contributed by atoms with Crippen LogP contribution in [0.15, 0.2) is 66.2 Å². The summed E-state index contributed by atoms with van der Waals surface area (Å²) < 4.78 is 10.3. The summed E-state index contributed by atoms with van der Waals surface area (Å²) in [6, 6.07) is 18.4. The third kappa shape index (κ3) is 4.54. The first-order chi connectivity index (χ1) is 11.1. The van der Waals surface area contributed by atoms with Crippen LogP contribution >= 0.6 is 0 Å². The van der Waals surface area contributed by atoms with E-state index in [0.717, 1.165) is 5.56 Å². The average Bonchev–Trinajstić information content (AvgIpc) is 2.58. The molecular weight excluding hydrogens is 292 g/mol. The highest BCUT2D eigenvalue weighted by Gasteiger charge is 2.26. The maximum absolute atomic E-state index is 12.2. The minimum Gasteiger partial charge on any atom is -0.466 e. The van der Waals surface area contributed by atoms with Crippen molar-refractivity contribution in [3.63, 3.8) is 0 Å². The summed E-state index contributed by atoms with van der Waals surface area (Å²) in [5, 5.41) is 0. The third-order valence-electron chi connectivity index (χ3n) is 3.21. The van der Waals surface area contributed by atoms with E-state index in [1.807, 2.05) is 48.5 Å². The lowest BCUT2D eigenvalue weighted by Crippen LogP contribution is -2.18. The van der Waals surface area contributed by atoms with Crippen LogP contribution in [0.4, 0.5) is 0 Å². The van der Waals surface area contributed by atoms with Crippen molar-refractivity contribution in [1.82, 2.24) is 0 Å². The Balaban J connectivity index is 2.50. The van der Waals surface area contributed by atoms with Gasteiger partial charge >= 0.3 is 11.9 Å². The molecule has 4 nitrogen and oxygen atoms in total. The van der Waals surface area contributed by atoms with Crippen LogP contribution in [0, 0.1) is 0 Å². The number of hydrogen-bond donors (Lipinski definition) is 0. The molecule has 118 valence electrons. The highest BCUT2D eigenvalue weighted by molar-refractivity contribution is 5.95. The molecule has 0 aliphatic rings. The van der Waals surface area contributed by atoms with Gasteiger partial charge < -0.3 is 9.47 Å². The van der Waals surface area contributed by atoms with Crippen molar-refractivity contribution < 1.29 is 19.1 Å². The molecule has 0 saturated heterocycles. The highest BCUT2D eigenvalue weighted by Crippen LogP contribution is 2.28. The first-order valence-electron chi connectivity index (χ1n) is 7.19. The molecule has 0 bridgehead atoms. The van der Waals surface area contributed by atoms with E-state index in [0.29, 0.717) is 5.56 Å². The van der Waals surface area contributed by atoms with Crippen molar-refractivity contribution in [3.05, 3.63) is 77.4 Å². The van der Waals surface area contributed by atoms with Gasteiger partial charge in [0.1, 0.15) is 0 Å². The maximum Gasteiger partial charge on any atom is 0.337 e. The average molecular weight is 310 g/mol. The summed E-state index contributed by atoms with van der Waals surface area (Å²) in [5.41, 5.74) is 1.79. The molecular formula is C19H18O4. The number of methoxy groups -OCH3 is 1. The maximum atomic E-state index is 12.2. The summed E-state index contributed by atoms with van der Waals surface area (Å²) in [4.78, 5) is 23.7. The van der Waals surface area contributed by atoms with Gasteiger partial charge in [-0.3, -0.25) is 4.79 Å². The number of carbonyl (C=O) groups excluding carboxylic acids is 2. The Morgan fingerprint density at radius 3 is 2.04 bits per heavy atom. The lowest BCUT2D eigenvalue weighted by molar-refractivity contribution is -0.147. The van der Waals surface area contributed by atoms with Gasteiger partial charge in [-0.25, -0.2) is 4.79 Å². The zero-order valence-electron chi connectivity index (χ0n) is 13.1. The van der Waals surface area contributed by atoms with Crippen LogP contribution in [0.1, 0.15) is 24.2 Å². The van der Waals surface area contributed by atoms with Gasteiger partial charge in [0.15, 0.2) is 6.10 Å². The standard InChI is InChI=1S/C19H18O4/c1-14(20)23-18(16-11-7-4-8-12-16)17(19(21)22-2)13-15-9-5-3-6-10-15/h3-13,18H,1-2H3/b17-13+. The van der Waals surface area contributed by atoms with Gasteiger partial charge in [-0.1, -0.05) is 60.7 Å². The molecule has 23 heavy (non-hydrogen) atoms. The summed E-state index contributed by atoms with van der Waals surface area (Å²) >= 11 is 0. The number of rotatable bonds is 5. The smallest absolute Gasteiger partial charge is 0.337 e. The largest absolute Gasteiger partial charge is 0.466 e. The monoisotopic (exact) mass is 310 g/mol. The Morgan fingerprint density at radius 2 is 1.52 bits per heavy atom. The predicted molar refractivity (Wildman–Crippen MR) is 87.4 cm³/mol. The molecule has 0 radical (unpaired) electrons. The second-order valence-electron chi connectivity index (χ2n) is 4.90. The molecule has 0 aliphatic heterocycles. The Hall–Kier alpha value is -2.88. The summed E-state index contributed by atoms with van der Waals surface area (Å²) in [6.07, 6.45) is 0.855. The molecule has 0 N–H and O–H groups in total. The fourth-order valence-corrected chi connectivity index (χ4v) is 2.19. The van der Waals surface area contributed by atoms with E-state index in [-0.39, 0.29) is 5.57 Å². The Morgan fingerprint density at radius 1 is 0.957 bits per heavy atom. The first-order valence-corrected chi connectivity index (χ1v) is 7.19. The fraction of sp³-hybridized carbons (Fsp3) is 0.158. The van der Waals surface area contributed by atoms with Crippen molar-refractivity contribution in [2.45, 2.75) is 13.0 Å². The Kier molecular flexibility index (Phi) is 5.69. The van der Waals surface area contributed by atoms with Crippen LogP contribution in [0.2, 0.25) is 0 Å². The van der Waals surface area contributed by atoms with Crippen LogP contribution in [0.3, 0.4) is 0 Å². The van der Waals surface area contributed by atoms with Gasteiger partial charge in [0.05, 0.1) is 12.7 Å². The molecule has 0 fully saturated rings. The molecule has 0 heterocycles. The van der Waals surface area contributed by atoms with E-state index in [1.54, 1.807) is 18.2 Å². The number of ether oxygens (including phenoxy) is 2. The summed E-state index contributed by atoms with van der Waals surface area (Å²) in [7, 11) is 1.30. The molecule has 2 aromatic carbocycles. The minimum atomic E-state index is -0.818. The fourth-order valence-electron chi connectivity index (χ4n) is 2.19. The second-order valence-corrected chi connectivity index (χ2v) is 4.90. The molecule has 0 amide bonds. The van der Waals surface area contributed by atoms with Crippen LogP contribution in [-0.4, -0.2) is 19.0 Å². The molecule has 2 aromatic rings. The van der Waals surface area contributed by atoms with Gasteiger partial charge in [0.2, 0.25) is 0 Å². The van der Waals surface area contributed by atoms with Crippen LogP contribution < -0.4 is 0 Å². The van der Waals surface area contributed by atoms with Gasteiger partial charge in [-0.05, 0) is 17.2 Å². The molecule has 0 saturated carbocycles. The number of hydrogen-bond acceptors (Lipinski definition) is 4. The molecule has 2 rings (SSSR count). The molecule has 4 heteroatoms. The molecule has 0 aliphatic carbocycles. The molecule has 1 unspecified atom stereocenters. The SMILES string of the molecule is COC(=O)/C(=C/c1ccccc1)C(OC(C)=O)c1ccccc1. The minimum absolute atomic E-state index is 0.264. The van der Waals surface area contributed by atoms with Gasteiger partial charge in [0.25, 0.3) is 0 Å². The van der Waals surface area contributed by atoms with Crippen molar-refractivity contribution in [2.24, 2.45) is 0 Å². The zero-order valence-corrected chi connectivity index (χ0v) is 13.1. The van der Waals surface area contributed by atoms with Crippen molar-refractivity contribution in [2.75, 3.05) is 7.11 Å². The molecule has 1 atom stereocenters. The lowest BCUT2D eigenvalue weighted by Gasteiger charge is -2.19. The third-order valence-corrected chi connectivity index (χ3v) is 3.21. The van der Waals surface area contributed by atoms with E-state index in [4.69, 9.17) is 9.47 Å². The molecule has 0 aromatic heterocycles. The number of benzene rings is 2. The van der Waals surface area contributed by atoms with E-state index < -0.39 is 18.0 Å². The summed E-state index contributed by atoms with van der Waals surface area (Å²) in [5.74, 6) is -1.01. The van der Waals surface area contributed by atoms with Crippen LogP contribution in [-0.2, 0) is 19.1 Å². The zero-order chi connectivity index (χ0) is 16.7. The Bertz CT molecular complexity index is 690. The normalized spacial score (nSPS) is 12.3. The van der Waals surface area contributed by atoms with Gasteiger partial charge in [-0.2, -0.15) is 0 Å². The summed E-state index contributed by atoms with van der Waals surface area (Å²) in [6.45, 7) is 1.31. The highest BCUT2D eigenvalue weighted by atomic mass is 16.6. The van der Waals surface area contributed by atoms with Crippen molar-refractivity contribution >= 4 is 18.0 Å². The number of esters is 2. The predicted octanol–water partition coefficient (Wildman–Crippen LogP) is 3.55. The van der Waals surface area contributed by atoms with Crippen molar-refractivity contribution in [3.8, 4) is 0 Å². The van der Waals surface area contributed by atoms with Crippen molar-refractivity contribution in [1.29, 1.82) is 0 Å². The van der Waals surface area contributed by atoms with Gasteiger partial charge in [0, 0.05) is 6.92 Å². The van der Waals surface area contributed by atoms with Crippen LogP contribution in [0.25, 0.3) is 6.08 Å². The van der Waals surface area contributed by atoms with E-state index in [9.17, 15) is 9.59 Å². The van der Waals surface area contributed by atoms with E-state index in [1.165, 1.54) is 14.0 Å². The topological polar surface area (TPSA) is 52.6 Å². The Labute approximate surface area is 135 Å². The van der Waals surface area contributed by atoms with E-state index >= 15 is 0 Å². The molecule has 0 spiro atoms. The quantitative estimate of drug-likeness (QED) is 0.626.